The zero-order valence-electron chi connectivity index (χ0n) is 14.6. The predicted octanol–water partition coefficient (Wildman–Crippen LogP) is 3.17. The second kappa shape index (κ2) is 8.16. The molecule has 1 aliphatic carbocycles. The lowest BCUT2D eigenvalue weighted by Gasteiger charge is -2.30. The van der Waals surface area contributed by atoms with Gasteiger partial charge in [0, 0.05) is 30.8 Å². The molecule has 0 bridgehead atoms. The Labute approximate surface area is 148 Å². The van der Waals surface area contributed by atoms with Crippen molar-refractivity contribution in [1.29, 1.82) is 0 Å². The Kier molecular flexibility index (Phi) is 5.71. The summed E-state index contributed by atoms with van der Waals surface area (Å²) in [6.07, 6.45) is 5.95. The molecule has 1 heterocycles. The van der Waals surface area contributed by atoms with Gasteiger partial charge >= 0.3 is 6.03 Å². The number of aliphatic hydroxyl groups is 1. The Bertz CT molecular complexity index is 686. The van der Waals surface area contributed by atoms with Crippen molar-refractivity contribution in [2.45, 2.75) is 44.7 Å². The van der Waals surface area contributed by atoms with E-state index in [1.807, 2.05) is 29.1 Å². The van der Waals surface area contributed by atoms with Crippen LogP contribution in [0.25, 0.3) is 0 Å². The lowest BCUT2D eigenvalue weighted by atomic mass is 9.85. The number of carbonyl (C=O) groups excluding carboxylic acids is 1. The molecule has 134 valence electrons. The van der Waals surface area contributed by atoms with Gasteiger partial charge in [-0.2, -0.15) is 5.10 Å². The molecule has 0 spiro atoms. The van der Waals surface area contributed by atoms with Crippen molar-refractivity contribution in [2.24, 2.45) is 5.92 Å². The molecule has 2 amide bonds. The second-order valence-electron chi connectivity index (χ2n) is 6.70. The molecule has 3 rings (SSSR count). The first-order valence-electron chi connectivity index (χ1n) is 8.96. The molecule has 0 radical (unpaired) electrons. The van der Waals surface area contributed by atoms with Gasteiger partial charge in [0.1, 0.15) is 0 Å². The molecule has 0 aliphatic heterocycles. The van der Waals surface area contributed by atoms with Crippen molar-refractivity contribution in [1.82, 2.24) is 15.1 Å². The summed E-state index contributed by atoms with van der Waals surface area (Å²) in [6.45, 7) is 2.19. The maximum absolute atomic E-state index is 12.2. The van der Waals surface area contributed by atoms with Gasteiger partial charge in [-0.05, 0) is 25.3 Å². The number of carbonyl (C=O) groups is 1. The molecule has 3 N–H and O–H groups in total. The van der Waals surface area contributed by atoms with Crippen molar-refractivity contribution >= 4 is 11.8 Å². The number of hydrogen-bond donors (Lipinski definition) is 3. The first-order valence-corrected chi connectivity index (χ1v) is 8.96. The predicted molar refractivity (Wildman–Crippen MR) is 97.5 cm³/mol. The standard InChI is InChI=1S/C19H26N4O2/c1-14(15-7-3-2-4-8-15)23-12-11-18(22-23)21-19(25)20-17-10-6-5-9-16(17)13-24/h2-4,7-8,11-12,14,16-17,24H,5-6,9-10,13H2,1H3,(H2,20,21,22,25). The number of anilines is 1. The van der Waals surface area contributed by atoms with Gasteiger partial charge in [0.2, 0.25) is 0 Å². The Hall–Kier alpha value is -2.34. The van der Waals surface area contributed by atoms with Crippen molar-refractivity contribution < 1.29 is 9.90 Å². The number of aromatic nitrogens is 2. The Morgan fingerprint density at radius 1 is 1.28 bits per heavy atom. The van der Waals surface area contributed by atoms with Crippen LogP contribution in [-0.4, -0.2) is 33.6 Å². The molecule has 2 aromatic rings. The molecule has 3 atom stereocenters. The molecule has 0 saturated heterocycles. The number of nitrogens with one attached hydrogen (secondary N) is 2. The van der Waals surface area contributed by atoms with Crippen molar-refractivity contribution in [2.75, 3.05) is 11.9 Å². The minimum absolute atomic E-state index is 0.0316. The van der Waals surface area contributed by atoms with E-state index in [-0.39, 0.29) is 30.6 Å². The third kappa shape index (κ3) is 4.39. The number of nitrogens with zero attached hydrogens (tertiary/aromatic N) is 2. The van der Waals surface area contributed by atoms with Crippen LogP contribution in [0.3, 0.4) is 0 Å². The van der Waals surface area contributed by atoms with Gasteiger partial charge in [-0.15, -0.1) is 0 Å². The van der Waals surface area contributed by atoms with E-state index in [0.717, 1.165) is 31.2 Å². The van der Waals surface area contributed by atoms with Crippen LogP contribution in [0.1, 0.15) is 44.2 Å². The summed E-state index contributed by atoms with van der Waals surface area (Å²) in [5, 5.41) is 19.7. The third-order valence-corrected chi connectivity index (χ3v) is 4.99. The van der Waals surface area contributed by atoms with E-state index in [4.69, 9.17) is 0 Å². The van der Waals surface area contributed by atoms with Gasteiger partial charge in [0.15, 0.2) is 5.82 Å². The van der Waals surface area contributed by atoms with Crippen LogP contribution in [0, 0.1) is 5.92 Å². The highest BCUT2D eigenvalue weighted by molar-refractivity contribution is 5.88. The largest absolute Gasteiger partial charge is 0.396 e. The quantitative estimate of drug-likeness (QED) is 0.781. The second-order valence-corrected chi connectivity index (χ2v) is 6.70. The van der Waals surface area contributed by atoms with E-state index in [0.29, 0.717) is 5.82 Å². The molecular formula is C19H26N4O2. The van der Waals surface area contributed by atoms with Crippen LogP contribution < -0.4 is 10.6 Å². The van der Waals surface area contributed by atoms with Crippen molar-refractivity contribution in [3.63, 3.8) is 0 Å². The molecule has 3 unspecified atom stereocenters. The van der Waals surface area contributed by atoms with Gasteiger partial charge in [0.25, 0.3) is 0 Å². The van der Waals surface area contributed by atoms with E-state index in [1.165, 1.54) is 0 Å². The summed E-state index contributed by atoms with van der Waals surface area (Å²) in [6, 6.07) is 11.8. The fourth-order valence-electron chi connectivity index (χ4n) is 3.44. The first-order chi connectivity index (χ1) is 12.2. The van der Waals surface area contributed by atoms with Crippen LogP contribution in [0.4, 0.5) is 10.6 Å². The SMILES string of the molecule is CC(c1ccccc1)n1ccc(NC(=O)NC2CCCCC2CO)n1. The average molecular weight is 342 g/mol. The molecule has 6 nitrogen and oxygen atoms in total. The minimum atomic E-state index is -0.261. The van der Waals surface area contributed by atoms with Crippen LogP contribution >= 0.6 is 0 Å². The number of aliphatic hydroxyl groups excluding tert-OH is 1. The fraction of sp³-hybridized carbons (Fsp3) is 0.474. The number of urea groups is 1. The highest BCUT2D eigenvalue weighted by atomic mass is 16.3. The molecule has 1 fully saturated rings. The zero-order valence-corrected chi connectivity index (χ0v) is 14.6. The summed E-state index contributed by atoms with van der Waals surface area (Å²) in [5.74, 6) is 0.673. The summed E-state index contributed by atoms with van der Waals surface area (Å²) in [4.78, 5) is 12.2. The maximum Gasteiger partial charge on any atom is 0.320 e. The van der Waals surface area contributed by atoms with Crippen LogP contribution in [0.15, 0.2) is 42.6 Å². The number of amides is 2. The summed E-state index contributed by atoms with van der Waals surface area (Å²) in [5.41, 5.74) is 1.16. The smallest absolute Gasteiger partial charge is 0.320 e. The number of hydrogen-bond acceptors (Lipinski definition) is 3. The Morgan fingerprint density at radius 2 is 2.04 bits per heavy atom. The van der Waals surface area contributed by atoms with Crippen LogP contribution in [-0.2, 0) is 0 Å². The highest BCUT2D eigenvalue weighted by Crippen LogP contribution is 2.24. The van der Waals surface area contributed by atoms with Gasteiger partial charge in [-0.1, -0.05) is 43.2 Å². The van der Waals surface area contributed by atoms with Gasteiger partial charge in [-0.25, -0.2) is 4.79 Å². The molecule has 6 heteroatoms. The van der Waals surface area contributed by atoms with Gasteiger partial charge < -0.3 is 10.4 Å². The monoisotopic (exact) mass is 342 g/mol. The zero-order chi connectivity index (χ0) is 17.6. The Morgan fingerprint density at radius 3 is 2.80 bits per heavy atom. The topological polar surface area (TPSA) is 79.2 Å². The minimum Gasteiger partial charge on any atom is -0.396 e. The van der Waals surface area contributed by atoms with Crippen molar-refractivity contribution in [3.05, 3.63) is 48.2 Å². The van der Waals surface area contributed by atoms with Crippen LogP contribution in [0.5, 0.6) is 0 Å². The van der Waals surface area contributed by atoms with E-state index in [2.05, 4.69) is 34.8 Å². The average Bonchev–Trinajstić information content (AvgIpc) is 3.10. The molecular weight excluding hydrogens is 316 g/mol. The lowest BCUT2D eigenvalue weighted by Crippen LogP contribution is -2.45. The lowest BCUT2D eigenvalue weighted by molar-refractivity contribution is 0.156. The summed E-state index contributed by atoms with van der Waals surface area (Å²) < 4.78 is 1.84. The summed E-state index contributed by atoms with van der Waals surface area (Å²) >= 11 is 0. The maximum atomic E-state index is 12.2. The molecule has 1 aliphatic rings. The molecule has 1 aromatic carbocycles. The highest BCUT2D eigenvalue weighted by Gasteiger charge is 2.26. The molecule has 1 aromatic heterocycles. The van der Waals surface area contributed by atoms with Gasteiger partial charge in [0.05, 0.1) is 6.04 Å². The van der Waals surface area contributed by atoms with E-state index in [9.17, 15) is 9.90 Å². The van der Waals surface area contributed by atoms with E-state index >= 15 is 0 Å². The summed E-state index contributed by atoms with van der Waals surface area (Å²) in [7, 11) is 0. The Balaban J connectivity index is 1.58. The number of rotatable bonds is 5. The van der Waals surface area contributed by atoms with Crippen LogP contribution in [0.2, 0.25) is 0 Å². The van der Waals surface area contributed by atoms with E-state index in [1.54, 1.807) is 6.07 Å². The van der Waals surface area contributed by atoms with E-state index < -0.39 is 0 Å². The molecule has 1 saturated carbocycles. The van der Waals surface area contributed by atoms with Gasteiger partial charge in [-0.3, -0.25) is 10.00 Å². The van der Waals surface area contributed by atoms with Crippen molar-refractivity contribution in [3.8, 4) is 0 Å². The fourth-order valence-corrected chi connectivity index (χ4v) is 3.44. The molecule has 25 heavy (non-hydrogen) atoms. The first kappa shape index (κ1) is 17.5. The third-order valence-electron chi connectivity index (χ3n) is 4.99. The normalized spacial score (nSPS) is 21.5. The number of benzene rings is 1.